The molecule has 7 heteroatoms. The molecule has 0 radical (unpaired) electrons. The zero-order valence-corrected chi connectivity index (χ0v) is 16.4. The summed E-state index contributed by atoms with van der Waals surface area (Å²) in [6.45, 7) is 7.52. The Hall–Kier alpha value is -2.15. The molecule has 3 rings (SSSR count). The molecule has 6 nitrogen and oxygen atoms in total. The Bertz CT molecular complexity index is 855. The van der Waals surface area contributed by atoms with Gasteiger partial charge in [-0.05, 0) is 39.3 Å². The fourth-order valence-corrected chi connectivity index (χ4v) is 5.21. The van der Waals surface area contributed by atoms with Crippen LogP contribution in [0.25, 0.3) is 0 Å². The van der Waals surface area contributed by atoms with Crippen LogP contribution in [0.15, 0.2) is 36.4 Å². The van der Waals surface area contributed by atoms with Crippen molar-refractivity contribution in [2.45, 2.75) is 33.2 Å². The Morgan fingerprint density at radius 1 is 1.12 bits per heavy atom. The van der Waals surface area contributed by atoms with Gasteiger partial charge in [0.05, 0.1) is 11.5 Å². The Kier molecular flexibility index (Phi) is 5.46. The maximum absolute atomic E-state index is 11.9. The normalized spacial score (nSPS) is 18.7. The minimum atomic E-state index is -2.94. The second-order valence-corrected chi connectivity index (χ2v) is 8.82. The van der Waals surface area contributed by atoms with Crippen molar-refractivity contribution in [2.24, 2.45) is 0 Å². The van der Waals surface area contributed by atoms with E-state index in [1.54, 1.807) is 0 Å². The summed E-state index contributed by atoms with van der Waals surface area (Å²) in [4.78, 5) is 13.6. The Morgan fingerprint density at radius 2 is 1.85 bits per heavy atom. The first-order chi connectivity index (χ1) is 12.4. The van der Waals surface area contributed by atoms with Crippen LogP contribution in [0.1, 0.15) is 26.0 Å². The highest BCUT2D eigenvalue weighted by Crippen LogP contribution is 2.27. The Labute approximate surface area is 155 Å². The zero-order chi connectivity index (χ0) is 18.7. The lowest BCUT2D eigenvalue weighted by Crippen LogP contribution is -2.37. The predicted octanol–water partition coefficient (Wildman–Crippen LogP) is 2.96. The molecule has 0 spiro atoms. The number of hydrogen-bond acceptors (Lipinski definition) is 6. The molecule has 1 aliphatic rings. The van der Waals surface area contributed by atoms with E-state index in [0.29, 0.717) is 18.9 Å². The zero-order valence-electron chi connectivity index (χ0n) is 15.6. The summed E-state index contributed by atoms with van der Waals surface area (Å²) < 4.78 is 23.8. The van der Waals surface area contributed by atoms with Crippen LogP contribution in [0, 0.1) is 6.92 Å². The van der Waals surface area contributed by atoms with Crippen molar-refractivity contribution >= 4 is 27.3 Å². The van der Waals surface area contributed by atoms with Crippen molar-refractivity contribution in [3.8, 4) is 0 Å². The number of rotatable bonds is 6. The van der Waals surface area contributed by atoms with Gasteiger partial charge in [0.15, 0.2) is 9.84 Å². The van der Waals surface area contributed by atoms with Gasteiger partial charge in [-0.15, -0.1) is 0 Å². The molecule has 1 saturated heterocycles. The van der Waals surface area contributed by atoms with E-state index < -0.39 is 9.84 Å². The third-order valence-electron chi connectivity index (χ3n) is 4.74. The monoisotopic (exact) mass is 374 g/mol. The van der Waals surface area contributed by atoms with E-state index in [0.717, 1.165) is 23.7 Å². The second-order valence-electron chi connectivity index (χ2n) is 6.59. The van der Waals surface area contributed by atoms with Gasteiger partial charge in [0, 0.05) is 36.6 Å². The lowest BCUT2D eigenvalue weighted by molar-refractivity contribution is 0.599. The third-order valence-corrected chi connectivity index (χ3v) is 6.49. The molecule has 140 valence electrons. The molecule has 1 unspecified atom stereocenters. The average molecular weight is 375 g/mol. The molecule has 1 aromatic carbocycles. The number of sulfone groups is 1. The van der Waals surface area contributed by atoms with Crippen LogP contribution in [0.3, 0.4) is 0 Å². The first-order valence-electron chi connectivity index (χ1n) is 9.09. The number of para-hydroxylation sites is 1. The van der Waals surface area contributed by atoms with E-state index >= 15 is 0 Å². The van der Waals surface area contributed by atoms with E-state index in [2.05, 4.69) is 21.7 Å². The molecule has 0 N–H and O–H groups in total. The van der Waals surface area contributed by atoms with Gasteiger partial charge in [-0.3, -0.25) is 0 Å². The fraction of sp³-hybridized carbons (Fsp3) is 0.474. The molecule has 1 aromatic heterocycles. The van der Waals surface area contributed by atoms with Crippen molar-refractivity contribution in [3.63, 3.8) is 0 Å². The van der Waals surface area contributed by atoms with Crippen LogP contribution in [-0.4, -0.2) is 49.0 Å². The fourth-order valence-electron chi connectivity index (χ4n) is 3.48. The van der Waals surface area contributed by atoms with Crippen molar-refractivity contribution < 1.29 is 8.42 Å². The Morgan fingerprint density at radius 3 is 2.42 bits per heavy atom. The number of anilines is 3. The van der Waals surface area contributed by atoms with Gasteiger partial charge in [-0.2, -0.15) is 4.98 Å². The van der Waals surface area contributed by atoms with Crippen LogP contribution >= 0.6 is 0 Å². The first kappa shape index (κ1) is 18.6. The van der Waals surface area contributed by atoms with E-state index in [1.165, 1.54) is 0 Å². The number of benzene rings is 1. The van der Waals surface area contributed by atoms with Crippen molar-refractivity contribution in [3.05, 3.63) is 42.1 Å². The smallest absolute Gasteiger partial charge is 0.232 e. The molecule has 2 aromatic rings. The van der Waals surface area contributed by atoms with E-state index in [1.807, 2.05) is 50.2 Å². The van der Waals surface area contributed by atoms with Gasteiger partial charge >= 0.3 is 0 Å². The van der Waals surface area contributed by atoms with Gasteiger partial charge in [-0.1, -0.05) is 18.2 Å². The Balaban J connectivity index is 1.96. The van der Waals surface area contributed by atoms with Gasteiger partial charge in [0.25, 0.3) is 0 Å². The van der Waals surface area contributed by atoms with Gasteiger partial charge in [0.1, 0.15) is 5.82 Å². The van der Waals surface area contributed by atoms with Gasteiger partial charge in [-0.25, -0.2) is 13.4 Å². The lowest BCUT2D eigenvalue weighted by Gasteiger charge is -2.29. The SMILES string of the molecule is CCN(c1ccccc1)c1nc(C)cc(N(CC)C2CCS(=O)(=O)C2)n1. The van der Waals surface area contributed by atoms with Crippen LogP contribution in [0.2, 0.25) is 0 Å². The van der Waals surface area contributed by atoms with Crippen molar-refractivity contribution in [1.29, 1.82) is 0 Å². The largest absolute Gasteiger partial charge is 0.353 e. The van der Waals surface area contributed by atoms with E-state index in [9.17, 15) is 8.42 Å². The first-order valence-corrected chi connectivity index (χ1v) is 10.9. The van der Waals surface area contributed by atoms with Crippen molar-refractivity contribution in [2.75, 3.05) is 34.4 Å². The highest BCUT2D eigenvalue weighted by atomic mass is 32.2. The molecule has 1 atom stereocenters. The van der Waals surface area contributed by atoms with Crippen LogP contribution in [0.4, 0.5) is 17.5 Å². The van der Waals surface area contributed by atoms with Gasteiger partial charge in [0.2, 0.25) is 5.95 Å². The van der Waals surface area contributed by atoms with Crippen LogP contribution in [-0.2, 0) is 9.84 Å². The summed E-state index contributed by atoms with van der Waals surface area (Å²) in [5, 5.41) is 0. The highest BCUT2D eigenvalue weighted by molar-refractivity contribution is 7.91. The minimum absolute atomic E-state index is 0.0149. The topological polar surface area (TPSA) is 66.4 Å². The van der Waals surface area contributed by atoms with E-state index in [-0.39, 0.29) is 17.5 Å². The summed E-state index contributed by atoms with van der Waals surface area (Å²) >= 11 is 0. The lowest BCUT2D eigenvalue weighted by atomic mass is 10.2. The maximum Gasteiger partial charge on any atom is 0.232 e. The molecule has 1 aliphatic heterocycles. The molecular weight excluding hydrogens is 348 g/mol. The maximum atomic E-state index is 11.9. The molecule has 0 amide bonds. The molecule has 2 heterocycles. The molecule has 0 saturated carbocycles. The highest BCUT2D eigenvalue weighted by Gasteiger charge is 2.32. The summed E-state index contributed by atoms with van der Waals surface area (Å²) in [5.74, 6) is 1.91. The predicted molar refractivity (Wildman–Crippen MR) is 106 cm³/mol. The molecule has 1 fully saturated rings. The quantitative estimate of drug-likeness (QED) is 0.774. The summed E-state index contributed by atoms with van der Waals surface area (Å²) in [6, 6.07) is 12.0. The molecule has 0 bridgehead atoms. The number of aryl methyl sites for hydroxylation is 1. The second kappa shape index (κ2) is 7.61. The molecular formula is C19H26N4O2S. The summed E-state index contributed by atoms with van der Waals surface area (Å²) in [7, 11) is -2.94. The third kappa shape index (κ3) is 3.98. The number of hydrogen-bond donors (Lipinski definition) is 0. The summed E-state index contributed by atoms with van der Waals surface area (Å²) in [5.41, 5.74) is 1.91. The number of nitrogens with zero attached hydrogens (tertiary/aromatic N) is 4. The standard InChI is InChI=1S/C19H26N4O2S/c1-4-22(17-11-12-26(24,25)14-17)18-13-15(3)20-19(21-18)23(5-2)16-9-7-6-8-10-16/h6-10,13,17H,4-5,11-12,14H2,1-3H3. The molecule has 26 heavy (non-hydrogen) atoms. The average Bonchev–Trinajstić information content (AvgIpc) is 2.96. The van der Waals surface area contributed by atoms with E-state index in [4.69, 9.17) is 4.98 Å². The van der Waals surface area contributed by atoms with Crippen LogP contribution in [0.5, 0.6) is 0 Å². The summed E-state index contributed by atoms with van der Waals surface area (Å²) in [6.07, 6.45) is 0.657. The van der Waals surface area contributed by atoms with Crippen LogP contribution < -0.4 is 9.80 Å². The minimum Gasteiger partial charge on any atom is -0.353 e. The molecule has 0 aliphatic carbocycles. The van der Waals surface area contributed by atoms with Gasteiger partial charge < -0.3 is 9.80 Å². The number of aromatic nitrogens is 2. The van der Waals surface area contributed by atoms with Crippen molar-refractivity contribution in [1.82, 2.24) is 9.97 Å².